The number of fused-ring (bicyclic) bond motifs is 1. The molecular formula is C15H14F3N5OS. The normalized spacial score (nSPS) is 16.7. The van der Waals surface area contributed by atoms with Crippen molar-refractivity contribution in [3.8, 4) is 0 Å². The maximum absolute atomic E-state index is 12.5. The topological polar surface area (TPSA) is 58.3 Å². The van der Waals surface area contributed by atoms with Gasteiger partial charge < -0.3 is 9.32 Å². The van der Waals surface area contributed by atoms with E-state index in [1.54, 1.807) is 11.3 Å². The SMILES string of the molecule is FC(F)(F)c1nnc(CN2CCN(c3nc4ccccc4s3)CC2)o1. The van der Waals surface area contributed by atoms with E-state index in [0.717, 1.165) is 28.4 Å². The number of rotatable bonds is 3. The Kier molecular flexibility index (Phi) is 4.08. The first-order valence-electron chi connectivity index (χ1n) is 7.71. The van der Waals surface area contributed by atoms with Gasteiger partial charge in [-0.05, 0) is 12.1 Å². The zero-order valence-electron chi connectivity index (χ0n) is 13.0. The summed E-state index contributed by atoms with van der Waals surface area (Å²) in [6, 6.07) is 7.98. The molecule has 2 aromatic heterocycles. The molecule has 3 heterocycles. The molecule has 0 atom stereocenters. The number of aromatic nitrogens is 3. The fourth-order valence-corrected chi connectivity index (χ4v) is 3.73. The standard InChI is InChI=1S/C15H14F3N5OS/c16-15(17,18)13-21-20-12(24-13)9-22-5-7-23(8-6-22)14-19-10-3-1-2-4-11(10)25-14/h1-4H,5-9H2. The molecule has 4 rings (SSSR count). The van der Waals surface area contributed by atoms with E-state index in [1.807, 2.05) is 29.2 Å². The second-order valence-electron chi connectivity index (χ2n) is 5.73. The minimum Gasteiger partial charge on any atom is -0.416 e. The predicted molar refractivity (Wildman–Crippen MR) is 86.4 cm³/mol. The third kappa shape index (κ3) is 3.45. The highest BCUT2D eigenvalue weighted by molar-refractivity contribution is 7.22. The number of thiazole rings is 1. The number of benzene rings is 1. The molecule has 0 amide bonds. The van der Waals surface area contributed by atoms with Crippen molar-refractivity contribution in [1.82, 2.24) is 20.1 Å². The van der Waals surface area contributed by atoms with E-state index in [-0.39, 0.29) is 12.4 Å². The van der Waals surface area contributed by atoms with Crippen LogP contribution in [0.4, 0.5) is 18.3 Å². The summed E-state index contributed by atoms with van der Waals surface area (Å²) in [7, 11) is 0. The van der Waals surface area contributed by atoms with Crippen LogP contribution in [0.1, 0.15) is 11.8 Å². The van der Waals surface area contributed by atoms with Gasteiger partial charge in [-0.25, -0.2) is 4.98 Å². The maximum Gasteiger partial charge on any atom is 0.470 e. The summed E-state index contributed by atoms with van der Waals surface area (Å²) >= 11 is 1.65. The Morgan fingerprint density at radius 1 is 1.08 bits per heavy atom. The molecule has 3 aromatic rings. The lowest BCUT2D eigenvalue weighted by atomic mass is 10.3. The minimum atomic E-state index is -4.60. The summed E-state index contributed by atoms with van der Waals surface area (Å²) < 4.78 is 43.3. The average molecular weight is 369 g/mol. The van der Waals surface area contributed by atoms with E-state index >= 15 is 0 Å². The molecule has 0 spiro atoms. The Hall–Kier alpha value is -2.20. The molecule has 1 aliphatic rings. The smallest absolute Gasteiger partial charge is 0.416 e. The van der Waals surface area contributed by atoms with E-state index in [4.69, 9.17) is 0 Å². The monoisotopic (exact) mass is 369 g/mol. The van der Waals surface area contributed by atoms with Crippen molar-refractivity contribution < 1.29 is 17.6 Å². The van der Waals surface area contributed by atoms with Gasteiger partial charge in [0.15, 0.2) is 5.13 Å². The van der Waals surface area contributed by atoms with Gasteiger partial charge in [-0.3, -0.25) is 4.90 Å². The fourth-order valence-electron chi connectivity index (χ4n) is 2.72. The van der Waals surface area contributed by atoms with Crippen molar-refractivity contribution in [3.05, 3.63) is 36.0 Å². The van der Waals surface area contributed by atoms with E-state index in [0.29, 0.717) is 13.1 Å². The maximum atomic E-state index is 12.5. The lowest BCUT2D eigenvalue weighted by Gasteiger charge is -2.33. The molecule has 0 radical (unpaired) electrons. The number of para-hydroxylation sites is 1. The van der Waals surface area contributed by atoms with E-state index < -0.39 is 12.1 Å². The van der Waals surface area contributed by atoms with Gasteiger partial charge in [0.2, 0.25) is 5.89 Å². The number of hydrogen-bond acceptors (Lipinski definition) is 7. The molecule has 1 fully saturated rings. The Bertz CT molecular complexity index is 836. The Morgan fingerprint density at radius 3 is 2.52 bits per heavy atom. The first-order chi connectivity index (χ1) is 12.0. The molecule has 1 aromatic carbocycles. The number of nitrogens with zero attached hydrogens (tertiary/aromatic N) is 5. The molecule has 1 aliphatic heterocycles. The lowest BCUT2D eigenvalue weighted by molar-refractivity contribution is -0.157. The quantitative estimate of drug-likeness (QED) is 0.707. The largest absolute Gasteiger partial charge is 0.470 e. The van der Waals surface area contributed by atoms with Crippen molar-refractivity contribution in [2.45, 2.75) is 12.7 Å². The Balaban J connectivity index is 1.37. The first-order valence-corrected chi connectivity index (χ1v) is 8.53. The molecule has 0 saturated carbocycles. The summed E-state index contributed by atoms with van der Waals surface area (Å²) in [6.45, 7) is 3.11. The van der Waals surface area contributed by atoms with Gasteiger partial charge in [-0.1, -0.05) is 23.5 Å². The highest BCUT2D eigenvalue weighted by atomic mass is 32.1. The Labute approximate surface area is 144 Å². The zero-order valence-corrected chi connectivity index (χ0v) is 13.8. The molecule has 25 heavy (non-hydrogen) atoms. The molecule has 0 unspecified atom stereocenters. The zero-order chi connectivity index (χ0) is 17.4. The second-order valence-corrected chi connectivity index (χ2v) is 6.74. The van der Waals surface area contributed by atoms with Crippen molar-refractivity contribution in [2.75, 3.05) is 31.1 Å². The van der Waals surface area contributed by atoms with Crippen LogP contribution in [0.2, 0.25) is 0 Å². The Morgan fingerprint density at radius 2 is 1.84 bits per heavy atom. The van der Waals surface area contributed by atoms with Crippen LogP contribution in [0.25, 0.3) is 10.2 Å². The molecule has 10 heteroatoms. The number of halogens is 3. The third-order valence-electron chi connectivity index (χ3n) is 3.99. The summed E-state index contributed by atoms with van der Waals surface area (Å²) in [5.41, 5.74) is 0.982. The van der Waals surface area contributed by atoms with Gasteiger partial charge >= 0.3 is 12.1 Å². The van der Waals surface area contributed by atoms with Crippen LogP contribution in [0.3, 0.4) is 0 Å². The highest BCUT2D eigenvalue weighted by Crippen LogP contribution is 2.30. The summed E-state index contributed by atoms with van der Waals surface area (Å²) in [6.07, 6.45) is -4.60. The van der Waals surface area contributed by atoms with Gasteiger partial charge in [0.25, 0.3) is 0 Å². The second kappa shape index (κ2) is 6.26. The van der Waals surface area contributed by atoms with Crippen LogP contribution in [0.5, 0.6) is 0 Å². The van der Waals surface area contributed by atoms with E-state index in [9.17, 15) is 13.2 Å². The third-order valence-corrected chi connectivity index (χ3v) is 5.09. The molecular weight excluding hydrogens is 355 g/mol. The fraction of sp³-hybridized carbons (Fsp3) is 0.400. The van der Waals surface area contributed by atoms with Crippen LogP contribution in [0.15, 0.2) is 28.7 Å². The lowest BCUT2D eigenvalue weighted by Crippen LogP contribution is -2.46. The van der Waals surface area contributed by atoms with Gasteiger partial charge in [-0.15, -0.1) is 10.2 Å². The number of piperazine rings is 1. The van der Waals surface area contributed by atoms with E-state index in [1.165, 1.54) is 0 Å². The average Bonchev–Trinajstić information content (AvgIpc) is 3.21. The number of hydrogen-bond donors (Lipinski definition) is 0. The van der Waals surface area contributed by atoms with Gasteiger partial charge in [0.05, 0.1) is 16.8 Å². The predicted octanol–water partition coefficient (Wildman–Crippen LogP) is 3.02. The summed E-state index contributed by atoms with van der Waals surface area (Å²) in [5, 5.41) is 7.50. The minimum absolute atomic E-state index is 0.0132. The van der Waals surface area contributed by atoms with Crippen molar-refractivity contribution in [2.24, 2.45) is 0 Å². The number of alkyl halides is 3. The molecule has 0 aliphatic carbocycles. The molecule has 1 saturated heterocycles. The molecule has 6 nitrogen and oxygen atoms in total. The molecule has 132 valence electrons. The van der Waals surface area contributed by atoms with Gasteiger partial charge in [0, 0.05) is 26.2 Å². The van der Waals surface area contributed by atoms with Gasteiger partial charge in [-0.2, -0.15) is 13.2 Å². The molecule has 0 N–H and O–H groups in total. The van der Waals surface area contributed by atoms with Crippen molar-refractivity contribution >= 4 is 26.7 Å². The van der Waals surface area contributed by atoms with Crippen molar-refractivity contribution in [1.29, 1.82) is 0 Å². The van der Waals surface area contributed by atoms with Crippen LogP contribution < -0.4 is 4.90 Å². The van der Waals surface area contributed by atoms with Gasteiger partial charge in [0.1, 0.15) is 0 Å². The highest BCUT2D eigenvalue weighted by Gasteiger charge is 2.38. The van der Waals surface area contributed by atoms with Crippen LogP contribution in [0, 0.1) is 0 Å². The summed E-state index contributed by atoms with van der Waals surface area (Å²) in [4.78, 5) is 8.82. The molecule has 0 bridgehead atoms. The van der Waals surface area contributed by atoms with Crippen LogP contribution >= 0.6 is 11.3 Å². The first kappa shape index (κ1) is 16.3. The van der Waals surface area contributed by atoms with E-state index in [2.05, 4.69) is 24.5 Å². The van der Waals surface area contributed by atoms with Crippen molar-refractivity contribution in [3.63, 3.8) is 0 Å². The summed E-state index contributed by atoms with van der Waals surface area (Å²) in [5.74, 6) is -1.31. The van der Waals surface area contributed by atoms with Crippen LogP contribution in [-0.4, -0.2) is 46.3 Å². The van der Waals surface area contributed by atoms with Crippen LogP contribution in [-0.2, 0) is 12.7 Å². The number of anilines is 1.